The van der Waals surface area contributed by atoms with Crippen LogP contribution in [0.4, 0.5) is 17.1 Å². The Morgan fingerprint density at radius 2 is 1.24 bits per heavy atom. The zero-order valence-electron chi connectivity index (χ0n) is 26.6. The molecule has 3 heterocycles. The largest absolute Gasteiger partial charge is 0.456 e. The number of hydrogen-bond acceptors (Lipinski definition) is 4. The molecule has 10 rings (SSSR count). The van der Waals surface area contributed by atoms with E-state index in [1.165, 1.54) is 32.8 Å². The summed E-state index contributed by atoms with van der Waals surface area (Å²) in [6, 6.07) is 53.9. The van der Waals surface area contributed by atoms with Crippen molar-refractivity contribution in [1.29, 1.82) is 0 Å². The van der Waals surface area contributed by atoms with Crippen molar-refractivity contribution in [2.45, 2.75) is 6.42 Å². The lowest BCUT2D eigenvalue weighted by Crippen LogP contribution is -2.11. The Labute approximate surface area is 283 Å². The van der Waals surface area contributed by atoms with E-state index in [1.807, 2.05) is 18.3 Å². The first-order chi connectivity index (χ1) is 24.3. The molecule has 2 aromatic heterocycles. The molecule has 4 nitrogen and oxygen atoms in total. The molecular weight excluding hydrogens is 601 g/mol. The molecule has 232 valence electrons. The summed E-state index contributed by atoms with van der Waals surface area (Å²) >= 11 is 0. The summed E-state index contributed by atoms with van der Waals surface area (Å²) in [5.41, 5.74) is 11.9. The van der Waals surface area contributed by atoms with Crippen molar-refractivity contribution in [3.8, 4) is 22.3 Å². The highest BCUT2D eigenvalue weighted by atomic mass is 16.3. The molecule has 0 amide bonds. The average Bonchev–Trinajstić information content (AvgIpc) is 3.74. The fourth-order valence-corrected chi connectivity index (χ4v) is 7.47. The lowest BCUT2D eigenvalue weighted by atomic mass is 9.96. The summed E-state index contributed by atoms with van der Waals surface area (Å²) in [7, 11) is 0. The van der Waals surface area contributed by atoms with Crippen molar-refractivity contribution < 1.29 is 8.83 Å². The van der Waals surface area contributed by atoms with Crippen LogP contribution in [0.2, 0.25) is 0 Å². The molecule has 0 aliphatic carbocycles. The number of nitrogens with zero attached hydrogens (tertiary/aromatic N) is 2. The van der Waals surface area contributed by atoms with Crippen LogP contribution >= 0.6 is 0 Å². The van der Waals surface area contributed by atoms with Crippen molar-refractivity contribution in [2.24, 2.45) is 4.99 Å². The molecule has 49 heavy (non-hydrogen) atoms. The molecule has 0 N–H and O–H groups in total. The number of aliphatic imine (C=N–C) groups is 1. The van der Waals surface area contributed by atoms with Gasteiger partial charge in [0.25, 0.3) is 0 Å². The highest BCUT2D eigenvalue weighted by Crippen LogP contribution is 2.43. The van der Waals surface area contributed by atoms with Gasteiger partial charge in [-0.1, -0.05) is 97.1 Å². The Morgan fingerprint density at radius 1 is 0.510 bits per heavy atom. The summed E-state index contributed by atoms with van der Waals surface area (Å²) in [6.07, 6.45) is 2.78. The fourth-order valence-electron chi connectivity index (χ4n) is 7.47. The van der Waals surface area contributed by atoms with Gasteiger partial charge in [-0.05, 0) is 88.5 Å². The molecule has 0 atom stereocenters. The van der Waals surface area contributed by atoms with Crippen LogP contribution in [0.3, 0.4) is 0 Å². The highest BCUT2D eigenvalue weighted by Gasteiger charge is 2.20. The summed E-state index contributed by atoms with van der Waals surface area (Å²) in [4.78, 5) is 6.80. The molecular formula is C45H30N2O2. The van der Waals surface area contributed by atoms with Crippen molar-refractivity contribution in [2.75, 3.05) is 11.4 Å². The number of rotatable bonds is 5. The van der Waals surface area contributed by atoms with Gasteiger partial charge in [-0.3, -0.25) is 4.99 Å². The second-order valence-electron chi connectivity index (χ2n) is 12.6. The van der Waals surface area contributed by atoms with Crippen molar-refractivity contribution >= 4 is 67.0 Å². The first-order valence-corrected chi connectivity index (χ1v) is 16.7. The summed E-state index contributed by atoms with van der Waals surface area (Å²) in [5, 5.41) is 5.86. The van der Waals surface area contributed by atoms with Gasteiger partial charge < -0.3 is 13.7 Å². The summed E-state index contributed by atoms with van der Waals surface area (Å²) < 4.78 is 12.4. The Balaban J connectivity index is 1.12. The molecule has 1 aliphatic heterocycles. The third-order valence-corrected chi connectivity index (χ3v) is 9.81. The average molecular weight is 631 g/mol. The van der Waals surface area contributed by atoms with Crippen molar-refractivity contribution in [3.05, 3.63) is 163 Å². The molecule has 0 spiro atoms. The third-order valence-electron chi connectivity index (χ3n) is 9.81. The van der Waals surface area contributed by atoms with Crippen LogP contribution in [-0.4, -0.2) is 12.8 Å². The van der Waals surface area contributed by atoms with Gasteiger partial charge in [0.05, 0.1) is 11.9 Å². The molecule has 9 aromatic rings. The Bertz CT molecular complexity index is 2720. The van der Waals surface area contributed by atoms with Gasteiger partial charge in [0.1, 0.15) is 22.5 Å². The molecule has 0 unspecified atom stereocenters. The Hall–Kier alpha value is -6.39. The van der Waals surface area contributed by atoms with Crippen molar-refractivity contribution in [1.82, 2.24) is 0 Å². The maximum absolute atomic E-state index is 6.21. The third kappa shape index (κ3) is 4.56. The van der Waals surface area contributed by atoms with E-state index >= 15 is 0 Å². The lowest BCUT2D eigenvalue weighted by Gasteiger charge is -2.28. The van der Waals surface area contributed by atoms with Crippen LogP contribution in [0.25, 0.3) is 65.9 Å². The van der Waals surface area contributed by atoms with Gasteiger partial charge in [0.2, 0.25) is 0 Å². The minimum absolute atomic E-state index is 0.798. The van der Waals surface area contributed by atoms with Crippen LogP contribution in [0.1, 0.15) is 11.3 Å². The maximum atomic E-state index is 6.21. The normalized spacial score (nSPS) is 12.7. The number of benzene rings is 7. The smallest absolute Gasteiger partial charge is 0.149 e. The predicted molar refractivity (Wildman–Crippen MR) is 203 cm³/mol. The molecule has 0 saturated heterocycles. The number of hydrogen-bond donors (Lipinski definition) is 0. The zero-order chi connectivity index (χ0) is 32.3. The van der Waals surface area contributed by atoms with Gasteiger partial charge in [-0.2, -0.15) is 0 Å². The summed E-state index contributed by atoms with van der Waals surface area (Å²) in [6.45, 7) is 0.798. The molecule has 7 aromatic carbocycles. The lowest BCUT2D eigenvalue weighted by molar-refractivity contribution is 0.598. The SMILES string of the molecule is C1=NCCc2c1oc1ccc3ccc(-c4ccc(N(c5ccc6oc7ccccc7c6c5)c5ccccc5-c5ccccc5)cc4)cc3c21. The van der Waals surface area contributed by atoms with E-state index in [4.69, 9.17) is 8.83 Å². The summed E-state index contributed by atoms with van der Waals surface area (Å²) in [5.74, 6) is 0.890. The van der Waals surface area contributed by atoms with E-state index in [0.717, 1.165) is 74.4 Å². The van der Waals surface area contributed by atoms with Crippen molar-refractivity contribution in [3.63, 3.8) is 0 Å². The van der Waals surface area contributed by atoms with E-state index in [2.05, 4.69) is 149 Å². The van der Waals surface area contributed by atoms with Gasteiger partial charge in [0, 0.05) is 45.2 Å². The van der Waals surface area contributed by atoms with Gasteiger partial charge in [-0.15, -0.1) is 0 Å². The molecule has 0 fully saturated rings. The Morgan fingerprint density at radius 3 is 2.16 bits per heavy atom. The van der Waals surface area contributed by atoms with Crippen LogP contribution in [-0.2, 0) is 6.42 Å². The van der Waals surface area contributed by atoms with E-state index in [1.54, 1.807) is 0 Å². The second-order valence-corrected chi connectivity index (χ2v) is 12.6. The quantitative estimate of drug-likeness (QED) is 0.190. The minimum Gasteiger partial charge on any atom is -0.456 e. The van der Waals surface area contributed by atoms with E-state index in [-0.39, 0.29) is 0 Å². The van der Waals surface area contributed by atoms with Gasteiger partial charge >= 0.3 is 0 Å². The van der Waals surface area contributed by atoms with Gasteiger partial charge in [-0.25, -0.2) is 0 Å². The van der Waals surface area contributed by atoms with Crippen LogP contribution in [0.15, 0.2) is 165 Å². The van der Waals surface area contributed by atoms with Gasteiger partial charge in [0.15, 0.2) is 0 Å². The monoisotopic (exact) mass is 630 g/mol. The maximum Gasteiger partial charge on any atom is 0.149 e. The molecule has 0 radical (unpaired) electrons. The van der Waals surface area contributed by atoms with Crippen LogP contribution in [0, 0.1) is 0 Å². The standard InChI is InChI=1S/C45H30N2O2/c1-2-8-30(9-3-1)35-10-4-6-12-40(35)47(34-21-23-42-39(27-34)36-11-5-7-13-41(36)48-42)33-19-16-29(17-20-33)32-15-14-31-18-22-43-45(38(31)26-32)37-24-25-46-28-44(37)49-43/h1-23,26-28H,24-25H2. The second kappa shape index (κ2) is 11.1. The number of anilines is 3. The number of fused-ring (bicyclic) bond motifs is 8. The minimum atomic E-state index is 0.798. The highest BCUT2D eigenvalue weighted by molar-refractivity contribution is 6.11. The topological polar surface area (TPSA) is 41.9 Å². The Kier molecular flexibility index (Phi) is 6.28. The van der Waals surface area contributed by atoms with E-state index in [0.29, 0.717) is 0 Å². The van der Waals surface area contributed by atoms with E-state index < -0.39 is 0 Å². The van der Waals surface area contributed by atoms with E-state index in [9.17, 15) is 0 Å². The first-order valence-electron chi connectivity index (χ1n) is 16.7. The first kappa shape index (κ1) is 27.7. The predicted octanol–water partition coefficient (Wildman–Crippen LogP) is 12.3. The number of furan rings is 2. The van der Waals surface area contributed by atoms with Crippen LogP contribution in [0.5, 0.6) is 0 Å². The molecule has 1 aliphatic rings. The van der Waals surface area contributed by atoms with Crippen LogP contribution < -0.4 is 4.90 Å². The number of para-hydroxylation sites is 2. The fraction of sp³-hybridized carbons (Fsp3) is 0.0444. The molecule has 4 heteroatoms. The molecule has 0 saturated carbocycles. The molecule has 0 bridgehead atoms. The zero-order valence-corrected chi connectivity index (χ0v) is 26.6.